The molecule has 4 heteroatoms. The van der Waals surface area contributed by atoms with Crippen molar-refractivity contribution in [2.75, 3.05) is 25.0 Å². The van der Waals surface area contributed by atoms with Crippen LogP contribution in [0.25, 0.3) is 0 Å². The highest BCUT2D eigenvalue weighted by Gasteiger charge is 2.20. The molecule has 1 aliphatic rings. The fourth-order valence-electron chi connectivity index (χ4n) is 2.44. The fraction of sp³-hybridized carbons (Fsp3) is 0.562. The van der Waals surface area contributed by atoms with Gasteiger partial charge < -0.3 is 15.0 Å². The monoisotopic (exact) mass is 276 g/mol. The van der Waals surface area contributed by atoms with E-state index in [2.05, 4.69) is 24.4 Å². The first kappa shape index (κ1) is 14.7. The van der Waals surface area contributed by atoms with Crippen LogP contribution in [0.4, 0.5) is 5.69 Å². The maximum absolute atomic E-state index is 11.3. The Balaban J connectivity index is 1.80. The minimum atomic E-state index is 0.181. The molecular formula is C16H24N2O2. The summed E-state index contributed by atoms with van der Waals surface area (Å²) in [7, 11) is 0. The molecule has 0 saturated carbocycles. The van der Waals surface area contributed by atoms with Crippen molar-refractivity contribution in [2.45, 2.75) is 39.2 Å². The third kappa shape index (κ3) is 4.15. The van der Waals surface area contributed by atoms with E-state index in [0.29, 0.717) is 6.04 Å². The van der Waals surface area contributed by atoms with Gasteiger partial charge in [-0.1, -0.05) is 6.92 Å². The summed E-state index contributed by atoms with van der Waals surface area (Å²) >= 11 is 0. The summed E-state index contributed by atoms with van der Waals surface area (Å²) in [4.78, 5) is 13.2. The SMILES string of the molecule is CCCOc1ccc(NC2CCN(C(C)=O)CC2)cc1. The van der Waals surface area contributed by atoms with Gasteiger partial charge in [-0.05, 0) is 43.5 Å². The third-order valence-electron chi connectivity index (χ3n) is 3.64. The lowest BCUT2D eigenvalue weighted by molar-refractivity contribution is -0.129. The number of hydrogen-bond acceptors (Lipinski definition) is 3. The molecule has 1 saturated heterocycles. The summed E-state index contributed by atoms with van der Waals surface area (Å²) in [6.45, 7) is 6.21. The second-order valence-electron chi connectivity index (χ2n) is 5.30. The zero-order valence-electron chi connectivity index (χ0n) is 12.4. The summed E-state index contributed by atoms with van der Waals surface area (Å²) in [6.07, 6.45) is 3.04. The number of nitrogens with zero attached hydrogens (tertiary/aromatic N) is 1. The fourth-order valence-corrected chi connectivity index (χ4v) is 2.44. The number of nitrogens with one attached hydrogen (secondary N) is 1. The second-order valence-corrected chi connectivity index (χ2v) is 5.30. The van der Waals surface area contributed by atoms with Crippen LogP contribution >= 0.6 is 0 Å². The lowest BCUT2D eigenvalue weighted by atomic mass is 10.0. The molecule has 0 unspecified atom stereocenters. The Kier molecular flexibility index (Phi) is 5.27. The number of benzene rings is 1. The van der Waals surface area contributed by atoms with Gasteiger partial charge in [0.25, 0.3) is 0 Å². The third-order valence-corrected chi connectivity index (χ3v) is 3.64. The van der Waals surface area contributed by atoms with Gasteiger partial charge in [-0.3, -0.25) is 4.79 Å². The molecule has 1 fully saturated rings. The number of ether oxygens (including phenoxy) is 1. The van der Waals surface area contributed by atoms with E-state index < -0.39 is 0 Å². The Morgan fingerprint density at radius 1 is 1.30 bits per heavy atom. The number of amides is 1. The Morgan fingerprint density at radius 2 is 1.95 bits per heavy atom. The van der Waals surface area contributed by atoms with Crippen LogP contribution in [0.2, 0.25) is 0 Å². The van der Waals surface area contributed by atoms with E-state index >= 15 is 0 Å². The highest BCUT2D eigenvalue weighted by Crippen LogP contribution is 2.20. The summed E-state index contributed by atoms with van der Waals surface area (Å²) in [5.41, 5.74) is 1.12. The van der Waals surface area contributed by atoms with Crippen LogP contribution < -0.4 is 10.1 Å². The number of piperidine rings is 1. The van der Waals surface area contributed by atoms with E-state index in [-0.39, 0.29) is 5.91 Å². The van der Waals surface area contributed by atoms with E-state index in [9.17, 15) is 4.79 Å². The molecule has 2 rings (SSSR count). The van der Waals surface area contributed by atoms with E-state index in [4.69, 9.17) is 4.74 Å². The summed E-state index contributed by atoms with van der Waals surface area (Å²) < 4.78 is 5.57. The van der Waals surface area contributed by atoms with E-state index in [1.807, 2.05) is 17.0 Å². The predicted octanol–water partition coefficient (Wildman–Crippen LogP) is 2.90. The molecule has 1 aromatic carbocycles. The molecule has 0 aliphatic carbocycles. The molecule has 1 amide bonds. The van der Waals surface area contributed by atoms with Crippen molar-refractivity contribution in [1.29, 1.82) is 0 Å². The number of likely N-dealkylation sites (tertiary alicyclic amines) is 1. The van der Waals surface area contributed by atoms with Crippen LogP contribution in [0.1, 0.15) is 33.1 Å². The maximum Gasteiger partial charge on any atom is 0.219 e. The summed E-state index contributed by atoms with van der Waals surface area (Å²) in [6, 6.07) is 8.57. The molecule has 0 aromatic heterocycles. The molecule has 0 radical (unpaired) electrons. The van der Waals surface area contributed by atoms with Gasteiger partial charge in [0.05, 0.1) is 6.61 Å². The standard InChI is InChI=1S/C16H24N2O2/c1-3-12-20-16-6-4-14(5-7-16)17-15-8-10-18(11-9-15)13(2)19/h4-7,15,17H,3,8-12H2,1-2H3. The number of anilines is 1. The number of hydrogen-bond donors (Lipinski definition) is 1. The van der Waals surface area contributed by atoms with Crippen molar-refractivity contribution in [1.82, 2.24) is 4.90 Å². The van der Waals surface area contributed by atoms with Gasteiger partial charge in [-0.2, -0.15) is 0 Å². The number of carbonyl (C=O) groups is 1. The molecule has 0 atom stereocenters. The molecule has 1 N–H and O–H groups in total. The van der Waals surface area contributed by atoms with Crippen LogP contribution in [0.5, 0.6) is 5.75 Å². The summed E-state index contributed by atoms with van der Waals surface area (Å²) in [5.74, 6) is 1.10. The molecule has 1 aliphatic heterocycles. The zero-order valence-corrected chi connectivity index (χ0v) is 12.4. The van der Waals surface area contributed by atoms with Crippen LogP contribution in [-0.2, 0) is 4.79 Å². The van der Waals surface area contributed by atoms with Gasteiger partial charge in [-0.25, -0.2) is 0 Å². The van der Waals surface area contributed by atoms with Crippen LogP contribution in [0.15, 0.2) is 24.3 Å². The maximum atomic E-state index is 11.3. The van der Waals surface area contributed by atoms with Crippen LogP contribution in [-0.4, -0.2) is 36.5 Å². The zero-order chi connectivity index (χ0) is 14.4. The van der Waals surface area contributed by atoms with Crippen molar-refractivity contribution < 1.29 is 9.53 Å². The number of carbonyl (C=O) groups excluding carboxylic acids is 1. The van der Waals surface area contributed by atoms with Gasteiger partial charge in [-0.15, -0.1) is 0 Å². The highest BCUT2D eigenvalue weighted by atomic mass is 16.5. The minimum Gasteiger partial charge on any atom is -0.494 e. The van der Waals surface area contributed by atoms with Crippen molar-refractivity contribution in [3.8, 4) is 5.75 Å². The van der Waals surface area contributed by atoms with Crippen LogP contribution in [0.3, 0.4) is 0 Å². The highest BCUT2D eigenvalue weighted by molar-refractivity contribution is 5.73. The minimum absolute atomic E-state index is 0.181. The van der Waals surface area contributed by atoms with Crippen LogP contribution in [0, 0.1) is 0 Å². The van der Waals surface area contributed by atoms with E-state index in [1.165, 1.54) is 0 Å². The Bertz CT molecular complexity index is 423. The largest absolute Gasteiger partial charge is 0.494 e. The number of rotatable bonds is 5. The van der Waals surface area contributed by atoms with Gasteiger partial charge in [0, 0.05) is 31.7 Å². The van der Waals surface area contributed by atoms with Gasteiger partial charge in [0.2, 0.25) is 5.91 Å². The molecule has 0 bridgehead atoms. The topological polar surface area (TPSA) is 41.6 Å². The first-order chi connectivity index (χ1) is 9.69. The molecule has 1 heterocycles. The average molecular weight is 276 g/mol. The molecule has 0 spiro atoms. The second kappa shape index (κ2) is 7.17. The Hall–Kier alpha value is -1.71. The van der Waals surface area contributed by atoms with Crippen molar-refractivity contribution in [3.63, 3.8) is 0 Å². The van der Waals surface area contributed by atoms with Crippen molar-refractivity contribution >= 4 is 11.6 Å². The normalized spacial score (nSPS) is 16.0. The Labute approximate surface area is 121 Å². The van der Waals surface area contributed by atoms with Gasteiger partial charge >= 0.3 is 0 Å². The quantitative estimate of drug-likeness (QED) is 0.899. The first-order valence-corrected chi connectivity index (χ1v) is 7.44. The lowest BCUT2D eigenvalue weighted by Gasteiger charge is -2.32. The molecular weight excluding hydrogens is 252 g/mol. The molecule has 4 nitrogen and oxygen atoms in total. The smallest absolute Gasteiger partial charge is 0.219 e. The van der Waals surface area contributed by atoms with Crippen molar-refractivity contribution in [3.05, 3.63) is 24.3 Å². The first-order valence-electron chi connectivity index (χ1n) is 7.44. The molecule has 110 valence electrons. The Morgan fingerprint density at radius 3 is 2.50 bits per heavy atom. The average Bonchev–Trinajstić information content (AvgIpc) is 2.47. The van der Waals surface area contributed by atoms with Crippen molar-refractivity contribution in [2.24, 2.45) is 0 Å². The lowest BCUT2D eigenvalue weighted by Crippen LogP contribution is -2.41. The van der Waals surface area contributed by atoms with E-state index in [1.54, 1.807) is 6.92 Å². The predicted molar refractivity (Wildman–Crippen MR) is 81.1 cm³/mol. The molecule has 1 aromatic rings. The van der Waals surface area contributed by atoms with E-state index in [0.717, 1.165) is 50.4 Å². The molecule has 20 heavy (non-hydrogen) atoms. The van der Waals surface area contributed by atoms with Gasteiger partial charge in [0.15, 0.2) is 0 Å². The van der Waals surface area contributed by atoms with Gasteiger partial charge in [0.1, 0.15) is 5.75 Å². The summed E-state index contributed by atoms with van der Waals surface area (Å²) in [5, 5.41) is 3.53.